The van der Waals surface area contributed by atoms with Crippen molar-refractivity contribution in [2.24, 2.45) is 0 Å². The summed E-state index contributed by atoms with van der Waals surface area (Å²) in [5.74, 6) is 0. The Kier molecular flexibility index (Phi) is 6.90. The van der Waals surface area contributed by atoms with Gasteiger partial charge in [-0.2, -0.15) is 0 Å². The van der Waals surface area contributed by atoms with Crippen LogP contribution in [0.3, 0.4) is 0 Å². The van der Waals surface area contributed by atoms with Crippen molar-refractivity contribution in [1.29, 1.82) is 0 Å². The fourth-order valence-corrected chi connectivity index (χ4v) is 8.63. The quantitative estimate of drug-likeness (QED) is 0.171. The Morgan fingerprint density at radius 1 is 0.241 bits per heavy atom. The first-order valence-corrected chi connectivity index (χ1v) is 18.6. The molecule has 2 aromatic heterocycles. The van der Waals surface area contributed by atoms with Crippen LogP contribution in [0.4, 0.5) is 0 Å². The number of nitrogens with zero attached hydrogens (tertiary/aromatic N) is 2. The summed E-state index contributed by atoms with van der Waals surface area (Å²) < 4.78 is 4.85. The molecule has 0 spiro atoms. The largest absolute Gasteiger partial charge is 0.309 e. The molecule has 0 aliphatic rings. The van der Waals surface area contributed by atoms with Gasteiger partial charge in [-0.1, -0.05) is 146 Å². The topological polar surface area (TPSA) is 9.86 Å². The molecule has 2 heterocycles. The maximum atomic E-state index is 2.47. The summed E-state index contributed by atoms with van der Waals surface area (Å²) in [5.41, 5.74) is 14.5. The summed E-state index contributed by atoms with van der Waals surface area (Å²) in [6.45, 7) is 0. The molecule has 0 radical (unpaired) electrons. The number of hydrogen-bond acceptors (Lipinski definition) is 0. The van der Waals surface area contributed by atoms with Gasteiger partial charge in [-0.3, -0.25) is 0 Å². The molecule has 0 aliphatic heterocycles. The minimum Gasteiger partial charge on any atom is -0.309 e. The Morgan fingerprint density at radius 3 is 1.31 bits per heavy atom. The summed E-state index contributed by atoms with van der Waals surface area (Å²) >= 11 is 0. The Hall–Kier alpha value is -7.16. The van der Waals surface area contributed by atoms with Crippen LogP contribution in [-0.4, -0.2) is 9.13 Å². The van der Waals surface area contributed by atoms with E-state index in [-0.39, 0.29) is 0 Å². The molecule has 0 fully saturated rings. The highest BCUT2D eigenvalue weighted by molar-refractivity contribution is 6.15. The van der Waals surface area contributed by atoms with Gasteiger partial charge in [0.25, 0.3) is 0 Å². The number of hydrogen-bond donors (Lipinski definition) is 0. The van der Waals surface area contributed by atoms with Crippen molar-refractivity contribution in [3.05, 3.63) is 206 Å². The van der Waals surface area contributed by atoms with Crippen LogP contribution in [-0.2, 0) is 0 Å². The molecule has 11 rings (SSSR count). The molecule has 0 amide bonds. The highest BCUT2D eigenvalue weighted by Gasteiger charge is 2.19. The van der Waals surface area contributed by atoms with E-state index in [1.807, 2.05) is 0 Å². The Labute approximate surface area is 313 Å². The Balaban J connectivity index is 1.13. The third kappa shape index (κ3) is 4.74. The maximum absolute atomic E-state index is 2.47. The first kappa shape index (κ1) is 30.5. The number of fused-ring (bicyclic) bond motifs is 7. The predicted octanol–water partition coefficient (Wildman–Crippen LogP) is 14.0. The molecule has 2 heteroatoms. The van der Waals surface area contributed by atoms with E-state index in [9.17, 15) is 0 Å². The molecule has 2 nitrogen and oxygen atoms in total. The first-order valence-electron chi connectivity index (χ1n) is 18.6. The summed E-state index contributed by atoms with van der Waals surface area (Å²) in [6.07, 6.45) is 0. The summed E-state index contributed by atoms with van der Waals surface area (Å²) in [5, 5.41) is 7.47. The van der Waals surface area contributed by atoms with Gasteiger partial charge < -0.3 is 9.13 Å². The minimum absolute atomic E-state index is 1.17. The van der Waals surface area contributed by atoms with Crippen molar-refractivity contribution < 1.29 is 0 Å². The van der Waals surface area contributed by atoms with Gasteiger partial charge in [0.15, 0.2) is 0 Å². The van der Waals surface area contributed by atoms with Crippen LogP contribution >= 0.6 is 0 Å². The summed E-state index contributed by atoms with van der Waals surface area (Å²) in [7, 11) is 0. The van der Waals surface area contributed by atoms with Gasteiger partial charge in [-0.05, 0) is 99.4 Å². The third-order valence-electron chi connectivity index (χ3n) is 11.1. The monoisotopic (exact) mass is 686 g/mol. The van der Waals surface area contributed by atoms with E-state index in [4.69, 9.17) is 0 Å². The van der Waals surface area contributed by atoms with Gasteiger partial charge >= 0.3 is 0 Å². The van der Waals surface area contributed by atoms with Crippen molar-refractivity contribution in [3.8, 4) is 44.8 Å². The number of aromatic nitrogens is 2. The molecular formula is C52H34N2. The molecule has 0 bridgehead atoms. The normalized spacial score (nSPS) is 11.7. The van der Waals surface area contributed by atoms with Gasteiger partial charge in [-0.25, -0.2) is 0 Å². The predicted molar refractivity (Wildman–Crippen MR) is 229 cm³/mol. The molecule has 0 saturated carbocycles. The highest BCUT2D eigenvalue weighted by atomic mass is 15.0. The standard InChI is InChI=1S/C52H34N2/c1-4-14-35(15-5-1)37-24-28-51-46(32-37)47-33-38(36-16-6-2-7-17-36)25-29-52(47)54(51)49-31-27-41(42-20-10-11-21-43(42)49)39-26-30-50-45(34-39)44-22-12-13-23-48(44)53(50)40-18-8-3-9-19-40/h1-34H. The van der Waals surface area contributed by atoms with Crippen molar-refractivity contribution in [2.75, 3.05) is 0 Å². The third-order valence-corrected chi connectivity index (χ3v) is 11.1. The van der Waals surface area contributed by atoms with E-state index < -0.39 is 0 Å². The number of rotatable bonds is 5. The molecule has 54 heavy (non-hydrogen) atoms. The molecule has 11 aromatic rings. The van der Waals surface area contributed by atoms with E-state index in [0.717, 1.165) is 0 Å². The number of para-hydroxylation sites is 2. The van der Waals surface area contributed by atoms with E-state index in [1.54, 1.807) is 0 Å². The molecule has 9 aromatic carbocycles. The molecule has 0 atom stereocenters. The van der Waals surface area contributed by atoms with Crippen molar-refractivity contribution in [1.82, 2.24) is 9.13 Å². The average Bonchev–Trinajstić information content (AvgIpc) is 3.76. The average molecular weight is 687 g/mol. The highest BCUT2D eigenvalue weighted by Crippen LogP contribution is 2.42. The smallest absolute Gasteiger partial charge is 0.0541 e. The Morgan fingerprint density at radius 2 is 0.685 bits per heavy atom. The minimum atomic E-state index is 1.17. The second kappa shape index (κ2) is 12.2. The second-order valence-corrected chi connectivity index (χ2v) is 14.1. The number of benzene rings is 9. The van der Waals surface area contributed by atoms with Gasteiger partial charge in [-0.15, -0.1) is 0 Å². The van der Waals surface area contributed by atoms with Crippen molar-refractivity contribution in [3.63, 3.8) is 0 Å². The van der Waals surface area contributed by atoms with Gasteiger partial charge in [0.05, 0.1) is 27.8 Å². The first-order chi connectivity index (χ1) is 26.8. The maximum Gasteiger partial charge on any atom is 0.0541 e. The molecule has 0 N–H and O–H groups in total. The molecule has 0 saturated heterocycles. The van der Waals surface area contributed by atoms with Crippen molar-refractivity contribution >= 4 is 54.4 Å². The fraction of sp³-hybridized carbons (Fsp3) is 0. The van der Waals surface area contributed by atoms with Crippen LogP contribution in [0.5, 0.6) is 0 Å². The van der Waals surface area contributed by atoms with Gasteiger partial charge in [0.2, 0.25) is 0 Å². The fourth-order valence-electron chi connectivity index (χ4n) is 8.63. The zero-order valence-corrected chi connectivity index (χ0v) is 29.5. The SMILES string of the molecule is c1ccc(-c2ccc3c(c2)c2cc(-c4ccccc4)ccc2n3-c2ccc(-c3ccc4c(c3)c3ccccc3n4-c3ccccc3)c3ccccc23)cc1. The van der Waals surface area contributed by atoms with Crippen LogP contribution in [0, 0.1) is 0 Å². The Bertz CT molecular complexity index is 3090. The van der Waals surface area contributed by atoms with E-state index in [0.29, 0.717) is 0 Å². The van der Waals surface area contributed by atoms with Crippen LogP contribution in [0.2, 0.25) is 0 Å². The lowest BCUT2D eigenvalue weighted by atomic mass is 9.95. The van der Waals surface area contributed by atoms with E-state index >= 15 is 0 Å². The molecule has 0 unspecified atom stereocenters. The lowest BCUT2D eigenvalue weighted by molar-refractivity contribution is 1.18. The summed E-state index contributed by atoms with van der Waals surface area (Å²) in [6, 6.07) is 75.2. The second-order valence-electron chi connectivity index (χ2n) is 14.1. The zero-order valence-electron chi connectivity index (χ0n) is 29.5. The van der Waals surface area contributed by atoms with Crippen LogP contribution in [0.1, 0.15) is 0 Å². The summed E-state index contributed by atoms with van der Waals surface area (Å²) in [4.78, 5) is 0. The van der Waals surface area contributed by atoms with Crippen LogP contribution in [0.25, 0.3) is 99.1 Å². The lowest BCUT2D eigenvalue weighted by Crippen LogP contribution is -1.96. The van der Waals surface area contributed by atoms with Crippen molar-refractivity contribution in [2.45, 2.75) is 0 Å². The van der Waals surface area contributed by atoms with Crippen LogP contribution < -0.4 is 0 Å². The lowest BCUT2D eigenvalue weighted by Gasteiger charge is -2.15. The van der Waals surface area contributed by atoms with E-state index in [1.165, 1.54) is 99.1 Å². The molecule has 252 valence electrons. The van der Waals surface area contributed by atoms with Gasteiger partial charge in [0.1, 0.15) is 0 Å². The van der Waals surface area contributed by atoms with Crippen LogP contribution in [0.15, 0.2) is 206 Å². The molecular weight excluding hydrogens is 653 g/mol. The van der Waals surface area contributed by atoms with Gasteiger partial charge in [0, 0.05) is 32.6 Å². The molecule has 0 aliphatic carbocycles. The zero-order chi connectivity index (χ0) is 35.6. The van der Waals surface area contributed by atoms with E-state index in [2.05, 4.69) is 215 Å².